The summed E-state index contributed by atoms with van der Waals surface area (Å²) < 4.78 is 1.69. The first-order valence-electron chi connectivity index (χ1n) is 9.02. The second kappa shape index (κ2) is 6.46. The molecule has 29 heavy (non-hydrogen) atoms. The van der Waals surface area contributed by atoms with Crippen molar-refractivity contribution in [3.63, 3.8) is 0 Å². The van der Waals surface area contributed by atoms with E-state index in [-0.39, 0.29) is 17.3 Å². The van der Waals surface area contributed by atoms with Gasteiger partial charge in [-0.1, -0.05) is 65.9 Å². The predicted molar refractivity (Wildman–Crippen MR) is 112 cm³/mol. The van der Waals surface area contributed by atoms with Gasteiger partial charge in [0, 0.05) is 16.5 Å². The van der Waals surface area contributed by atoms with Crippen LogP contribution in [0.5, 0.6) is 5.75 Å². The summed E-state index contributed by atoms with van der Waals surface area (Å²) in [6.07, 6.45) is 1.58. The number of hydrogen-bond acceptors (Lipinski definition) is 5. The molecule has 1 heterocycles. The van der Waals surface area contributed by atoms with Crippen LogP contribution in [0.2, 0.25) is 0 Å². The van der Waals surface area contributed by atoms with Gasteiger partial charge in [-0.15, -0.1) is 0 Å². The zero-order valence-corrected chi connectivity index (χ0v) is 16.2. The summed E-state index contributed by atoms with van der Waals surface area (Å²) in [5.41, 5.74) is 1.66. The maximum Gasteiger partial charge on any atom is 0.281 e. The maximum atomic E-state index is 12.9. The molecule has 0 bridgehead atoms. The number of hydrogen-bond donors (Lipinski definition) is 1. The second-order valence-electron chi connectivity index (χ2n) is 6.79. The van der Waals surface area contributed by atoms with E-state index in [0.29, 0.717) is 32.4 Å². The van der Waals surface area contributed by atoms with Gasteiger partial charge >= 0.3 is 0 Å². The van der Waals surface area contributed by atoms with Crippen LogP contribution in [0.4, 0.5) is 5.69 Å². The van der Waals surface area contributed by atoms with Crippen molar-refractivity contribution >= 4 is 45.6 Å². The van der Waals surface area contributed by atoms with E-state index in [2.05, 4.69) is 4.99 Å². The summed E-state index contributed by atoms with van der Waals surface area (Å²) >= 11 is 1.23. The number of thiazole rings is 1. The Morgan fingerprint density at radius 1 is 0.931 bits per heavy atom. The zero-order chi connectivity index (χ0) is 20.1. The molecule has 140 valence electrons. The molecule has 1 N–H and O–H groups in total. The van der Waals surface area contributed by atoms with E-state index in [9.17, 15) is 14.7 Å². The number of phenols is 1. The Kier molecular flexibility index (Phi) is 3.89. The van der Waals surface area contributed by atoms with Crippen molar-refractivity contribution < 1.29 is 19.3 Å². The van der Waals surface area contributed by atoms with Gasteiger partial charge in [0.1, 0.15) is 24.7 Å². The van der Waals surface area contributed by atoms with Crippen molar-refractivity contribution in [2.24, 2.45) is 12.0 Å². The third-order valence-corrected chi connectivity index (χ3v) is 6.29. The molecule has 0 saturated carbocycles. The van der Waals surface area contributed by atoms with Crippen LogP contribution in [0, 0.1) is 0 Å². The standard InChI is InChI=1S/C23H14N2O3S/c1-25-18(12-24-17-11-10-13-6-2-3-7-14(13)20(17)26)29-23-19(25)21(27)15-8-4-5-9-16(15)22(23)28/h2-12H,1H3/p+1. The normalized spacial score (nSPS) is 13.1. The fraction of sp³-hybridized carbons (Fsp3) is 0.0435. The largest absolute Gasteiger partial charge is 0.505 e. The zero-order valence-electron chi connectivity index (χ0n) is 15.4. The van der Waals surface area contributed by atoms with E-state index < -0.39 is 0 Å². The Hall–Kier alpha value is -3.64. The molecule has 6 heteroatoms. The number of aromatic nitrogens is 1. The molecule has 0 atom stereocenters. The number of phenolic OH excluding ortho intramolecular Hbond substituents is 1. The fourth-order valence-corrected chi connectivity index (χ4v) is 4.68. The molecule has 0 radical (unpaired) electrons. The molecule has 4 aromatic rings. The number of fused-ring (bicyclic) bond motifs is 3. The summed E-state index contributed by atoms with van der Waals surface area (Å²) in [5, 5.41) is 12.8. The smallest absolute Gasteiger partial charge is 0.281 e. The highest BCUT2D eigenvalue weighted by atomic mass is 32.1. The van der Waals surface area contributed by atoms with Crippen LogP contribution in [0.25, 0.3) is 10.8 Å². The quantitative estimate of drug-likeness (QED) is 0.361. The molecule has 3 aromatic carbocycles. The molecule has 0 amide bonds. The SMILES string of the molecule is C[n+]1c(C=Nc2ccc3ccccc3c2O)sc2c1C(=O)c1ccccc1C2=O. The molecular formula is C23H15N2O3S+. The van der Waals surface area contributed by atoms with Gasteiger partial charge in [0.25, 0.3) is 16.5 Å². The number of benzene rings is 3. The molecule has 0 saturated heterocycles. The summed E-state index contributed by atoms with van der Waals surface area (Å²) in [4.78, 5) is 30.6. The average molecular weight is 399 g/mol. The van der Waals surface area contributed by atoms with Crippen molar-refractivity contribution in [2.45, 2.75) is 0 Å². The van der Waals surface area contributed by atoms with Crippen molar-refractivity contribution in [3.8, 4) is 5.75 Å². The van der Waals surface area contributed by atoms with Gasteiger partial charge in [-0.05, 0) is 11.5 Å². The summed E-state index contributed by atoms with van der Waals surface area (Å²) in [5.74, 6) is -0.214. The highest BCUT2D eigenvalue weighted by molar-refractivity contribution is 7.15. The topological polar surface area (TPSA) is 70.6 Å². The lowest BCUT2D eigenvalue weighted by Crippen LogP contribution is -2.40. The monoisotopic (exact) mass is 399 g/mol. The van der Waals surface area contributed by atoms with Crippen molar-refractivity contribution in [1.29, 1.82) is 0 Å². The van der Waals surface area contributed by atoms with Crippen LogP contribution >= 0.6 is 11.3 Å². The first-order chi connectivity index (χ1) is 14.1. The molecule has 1 aliphatic rings. The maximum absolute atomic E-state index is 12.9. The van der Waals surface area contributed by atoms with E-state index in [1.807, 2.05) is 30.3 Å². The lowest BCUT2D eigenvalue weighted by atomic mass is 9.91. The Labute approximate surface area is 170 Å². The molecule has 1 aromatic heterocycles. The Morgan fingerprint density at radius 2 is 1.62 bits per heavy atom. The van der Waals surface area contributed by atoms with Crippen molar-refractivity contribution in [2.75, 3.05) is 0 Å². The minimum atomic E-state index is -0.165. The minimum absolute atomic E-state index is 0.0999. The number of ketones is 2. The van der Waals surface area contributed by atoms with E-state index in [0.717, 1.165) is 10.8 Å². The van der Waals surface area contributed by atoms with Crippen LogP contribution in [0.15, 0.2) is 65.7 Å². The number of carbonyl (C=O) groups excluding carboxylic acids is 2. The number of aromatic hydroxyl groups is 1. The highest BCUT2D eigenvalue weighted by Crippen LogP contribution is 2.35. The minimum Gasteiger partial charge on any atom is -0.505 e. The summed E-state index contributed by atoms with van der Waals surface area (Å²) in [6, 6.07) is 18.0. The molecule has 5 nitrogen and oxygen atoms in total. The van der Waals surface area contributed by atoms with E-state index in [1.54, 1.807) is 48.2 Å². The van der Waals surface area contributed by atoms with Gasteiger partial charge in [-0.3, -0.25) is 9.59 Å². The van der Waals surface area contributed by atoms with Crippen LogP contribution in [0.3, 0.4) is 0 Å². The fourth-order valence-electron chi connectivity index (χ4n) is 3.61. The number of nitrogens with zero attached hydrogens (tertiary/aromatic N) is 2. The van der Waals surface area contributed by atoms with Crippen LogP contribution in [0.1, 0.15) is 36.3 Å². The molecule has 0 fully saturated rings. The van der Waals surface area contributed by atoms with Crippen molar-refractivity contribution in [3.05, 3.63) is 87.4 Å². The first kappa shape index (κ1) is 17.5. The Bertz CT molecular complexity index is 1370. The molecule has 5 rings (SSSR count). The number of carbonyl (C=O) groups is 2. The molecule has 0 unspecified atom stereocenters. The van der Waals surface area contributed by atoms with Gasteiger partial charge in [0.2, 0.25) is 5.78 Å². The summed E-state index contributed by atoms with van der Waals surface area (Å²) in [6.45, 7) is 0. The average Bonchev–Trinajstić information content (AvgIpc) is 3.08. The van der Waals surface area contributed by atoms with Crippen LogP contribution < -0.4 is 4.57 Å². The third kappa shape index (κ3) is 2.61. The first-order valence-corrected chi connectivity index (χ1v) is 9.84. The lowest BCUT2D eigenvalue weighted by Gasteiger charge is -2.10. The highest BCUT2D eigenvalue weighted by Gasteiger charge is 2.40. The van der Waals surface area contributed by atoms with Gasteiger partial charge in [-0.25, -0.2) is 4.99 Å². The number of rotatable bonds is 2. The molecule has 0 aliphatic heterocycles. The van der Waals surface area contributed by atoms with E-state index >= 15 is 0 Å². The van der Waals surface area contributed by atoms with Crippen LogP contribution in [-0.2, 0) is 7.05 Å². The van der Waals surface area contributed by atoms with E-state index in [4.69, 9.17) is 0 Å². The molecule has 0 spiro atoms. The van der Waals surface area contributed by atoms with Crippen molar-refractivity contribution in [1.82, 2.24) is 0 Å². The van der Waals surface area contributed by atoms with Gasteiger partial charge in [0.15, 0.2) is 4.88 Å². The van der Waals surface area contributed by atoms with Gasteiger partial charge < -0.3 is 5.11 Å². The van der Waals surface area contributed by atoms with E-state index in [1.165, 1.54) is 11.3 Å². The van der Waals surface area contributed by atoms with Gasteiger partial charge in [0.05, 0.1) is 0 Å². The third-order valence-electron chi connectivity index (χ3n) is 5.12. The second-order valence-corrected chi connectivity index (χ2v) is 7.82. The van der Waals surface area contributed by atoms with Crippen LogP contribution in [-0.4, -0.2) is 22.9 Å². The Balaban J connectivity index is 1.59. The Morgan fingerprint density at radius 3 is 2.41 bits per heavy atom. The predicted octanol–water partition coefficient (Wildman–Crippen LogP) is 3.96. The summed E-state index contributed by atoms with van der Waals surface area (Å²) in [7, 11) is 1.75. The lowest BCUT2D eigenvalue weighted by molar-refractivity contribution is -0.669. The molecular weight excluding hydrogens is 384 g/mol. The number of aliphatic imine (C=N–C) groups is 1. The van der Waals surface area contributed by atoms with Gasteiger partial charge in [-0.2, -0.15) is 4.57 Å². The molecule has 1 aliphatic carbocycles.